The van der Waals surface area contributed by atoms with E-state index >= 15 is 0 Å². The molecule has 0 aliphatic heterocycles. The van der Waals surface area contributed by atoms with Gasteiger partial charge in [-0.3, -0.25) is 0 Å². The van der Waals surface area contributed by atoms with Crippen LogP contribution in [0.3, 0.4) is 0 Å². The Morgan fingerprint density at radius 1 is 0.533 bits per heavy atom. The minimum absolute atomic E-state index is 0. The molecule has 0 bridgehead atoms. The molecule has 0 aliphatic carbocycles. The average Bonchev–Trinajstić information content (AvgIpc) is 3.30. The molecule has 151 valence electrons. The van der Waals surface area contributed by atoms with E-state index in [-0.39, 0.29) is 17.1 Å². The molecule has 4 aromatic carbocycles. The molecule has 0 saturated carbocycles. The van der Waals surface area contributed by atoms with E-state index in [4.69, 9.17) is 9.30 Å². The SMILES string of the molecule is I[c-]1cccc1.[C-]#[O+].[C-]#[O+].[Mn].c1ccc([PH+](c2ccccc2)c2ccccc2)cc1. The molecule has 1 radical (unpaired) electrons. The van der Waals surface area contributed by atoms with Crippen LogP contribution in [0.15, 0.2) is 115 Å². The molecule has 0 spiro atoms. The number of hydrogen-bond acceptors (Lipinski definition) is 0. The van der Waals surface area contributed by atoms with Gasteiger partial charge >= 0.3 is 22.6 Å². The van der Waals surface area contributed by atoms with Crippen molar-refractivity contribution in [2.45, 2.75) is 0 Å². The van der Waals surface area contributed by atoms with Crippen molar-refractivity contribution in [3.05, 3.63) is 132 Å². The maximum absolute atomic E-state index is 7.50. The van der Waals surface area contributed by atoms with Crippen molar-refractivity contribution < 1.29 is 26.4 Å². The molecule has 0 heterocycles. The molecule has 0 aliphatic rings. The largest absolute Gasteiger partial charge is 0.102 e. The van der Waals surface area contributed by atoms with Crippen molar-refractivity contribution in [3.63, 3.8) is 0 Å². The first kappa shape index (κ1) is 28.2. The Morgan fingerprint density at radius 3 is 1.00 bits per heavy atom. The molecule has 0 unspecified atom stereocenters. The molecular formula is C25H20IMnO2P. The minimum atomic E-state index is -0.877. The number of rotatable bonds is 3. The van der Waals surface area contributed by atoms with Crippen LogP contribution >= 0.6 is 30.5 Å². The van der Waals surface area contributed by atoms with Crippen molar-refractivity contribution in [2.24, 2.45) is 0 Å². The van der Waals surface area contributed by atoms with Gasteiger partial charge in [-0.05, 0) is 36.4 Å². The molecule has 0 fully saturated rings. The standard InChI is InChI=1S/C18H15P.C5H4I.2CO.Mn/c1-4-10-16(11-5-1)19(17-12-6-2-7-13-17)18-14-8-3-9-15-18;6-5-3-1-2-4-5;2*1-2;/h1-15H;1-4H;;;/q;-1;;;/p+1. The summed E-state index contributed by atoms with van der Waals surface area (Å²) in [6.07, 6.45) is 0. The Labute approximate surface area is 203 Å². The molecule has 0 N–H and O–H groups in total. The fraction of sp³-hybridized carbons (Fsp3) is 0. The van der Waals surface area contributed by atoms with Crippen LogP contribution in [0, 0.1) is 16.9 Å². The van der Waals surface area contributed by atoms with Gasteiger partial charge in [0.25, 0.3) is 0 Å². The van der Waals surface area contributed by atoms with Gasteiger partial charge in [0.15, 0.2) is 0 Å². The topological polar surface area (TPSA) is 39.8 Å². The van der Waals surface area contributed by atoms with Crippen LogP contribution in [-0.2, 0) is 26.4 Å². The second kappa shape index (κ2) is 18.0. The van der Waals surface area contributed by atoms with Gasteiger partial charge in [0, 0.05) is 17.1 Å². The van der Waals surface area contributed by atoms with E-state index < -0.39 is 7.92 Å². The van der Waals surface area contributed by atoms with Crippen molar-refractivity contribution in [2.75, 3.05) is 0 Å². The van der Waals surface area contributed by atoms with Gasteiger partial charge in [-0.2, -0.15) is 12.1 Å². The van der Waals surface area contributed by atoms with Crippen LogP contribution in [0.2, 0.25) is 0 Å². The van der Waals surface area contributed by atoms with Crippen molar-refractivity contribution >= 4 is 46.4 Å². The molecule has 0 atom stereocenters. The Morgan fingerprint density at radius 2 is 0.800 bits per heavy atom. The zero-order valence-electron chi connectivity index (χ0n) is 16.0. The second-order valence-electron chi connectivity index (χ2n) is 5.58. The zero-order valence-corrected chi connectivity index (χ0v) is 20.4. The van der Waals surface area contributed by atoms with Gasteiger partial charge in [-0.15, -0.1) is 22.6 Å². The Balaban J connectivity index is 0.000000647. The summed E-state index contributed by atoms with van der Waals surface area (Å²) in [7, 11) is -0.877. The first-order valence-electron chi connectivity index (χ1n) is 8.66. The van der Waals surface area contributed by atoms with Gasteiger partial charge < -0.3 is 0 Å². The van der Waals surface area contributed by atoms with Crippen molar-refractivity contribution in [1.82, 2.24) is 0 Å². The van der Waals surface area contributed by atoms with Crippen molar-refractivity contribution in [1.29, 1.82) is 0 Å². The van der Waals surface area contributed by atoms with Crippen LogP contribution in [0.1, 0.15) is 0 Å². The summed E-state index contributed by atoms with van der Waals surface area (Å²) in [5.74, 6) is 0. The quantitative estimate of drug-likeness (QED) is 0.109. The third-order valence-corrected chi connectivity index (χ3v) is 7.26. The number of halogens is 1. The molecule has 2 nitrogen and oxygen atoms in total. The summed E-state index contributed by atoms with van der Waals surface area (Å²) in [6.45, 7) is 9.00. The van der Waals surface area contributed by atoms with Gasteiger partial charge in [0.1, 0.15) is 15.9 Å². The average molecular weight is 565 g/mol. The molecule has 4 rings (SSSR count). The van der Waals surface area contributed by atoms with Crippen LogP contribution in [0.25, 0.3) is 0 Å². The maximum Gasteiger partial charge on any atom is 0.102 e. The Bertz CT molecular complexity index is 841. The summed E-state index contributed by atoms with van der Waals surface area (Å²) >= 11 is 2.28. The van der Waals surface area contributed by atoms with Crippen LogP contribution < -0.4 is 15.9 Å². The molecular weight excluding hydrogens is 545 g/mol. The first-order valence-corrected chi connectivity index (χ1v) is 11.2. The van der Waals surface area contributed by atoms with E-state index in [2.05, 4.69) is 139 Å². The second-order valence-corrected chi connectivity index (χ2v) is 9.30. The third kappa shape index (κ3) is 9.78. The van der Waals surface area contributed by atoms with E-state index in [0.29, 0.717) is 0 Å². The fourth-order valence-electron chi connectivity index (χ4n) is 2.66. The van der Waals surface area contributed by atoms with Gasteiger partial charge in [-0.1, -0.05) is 58.2 Å². The summed E-state index contributed by atoms with van der Waals surface area (Å²) in [4.78, 5) is 0. The zero-order chi connectivity index (χ0) is 21.3. The Hall–Kier alpha value is -1.83. The molecule has 0 amide bonds. The number of benzene rings is 3. The summed E-state index contributed by atoms with van der Waals surface area (Å²) in [5.41, 5.74) is 0. The Kier molecular flexibility index (Phi) is 16.9. The van der Waals surface area contributed by atoms with Gasteiger partial charge in [0.2, 0.25) is 0 Å². The van der Waals surface area contributed by atoms with E-state index in [1.807, 2.05) is 12.1 Å². The molecule has 5 heteroatoms. The van der Waals surface area contributed by atoms with E-state index in [9.17, 15) is 0 Å². The normalized spacial score (nSPS) is 8.60. The van der Waals surface area contributed by atoms with Crippen LogP contribution in [0.5, 0.6) is 0 Å². The third-order valence-electron chi connectivity index (χ3n) is 3.81. The molecule has 0 saturated heterocycles. The molecule has 30 heavy (non-hydrogen) atoms. The monoisotopic (exact) mass is 565 g/mol. The smallest absolute Gasteiger partial charge is 0.0620 e. The van der Waals surface area contributed by atoms with E-state index in [0.717, 1.165) is 0 Å². The molecule has 4 aromatic rings. The first-order chi connectivity index (χ1) is 14.3. The van der Waals surface area contributed by atoms with E-state index in [1.54, 1.807) is 0 Å². The van der Waals surface area contributed by atoms with Gasteiger partial charge in [-0.25, -0.2) is 12.1 Å². The summed E-state index contributed by atoms with van der Waals surface area (Å²) < 4.78 is 16.3. The van der Waals surface area contributed by atoms with Gasteiger partial charge in [0.05, 0.1) is 7.92 Å². The van der Waals surface area contributed by atoms with Crippen LogP contribution in [-0.4, -0.2) is 0 Å². The number of hydrogen-bond donors (Lipinski definition) is 0. The maximum atomic E-state index is 7.50. The van der Waals surface area contributed by atoms with E-state index in [1.165, 1.54) is 19.5 Å². The summed E-state index contributed by atoms with van der Waals surface area (Å²) in [6, 6.07) is 40.7. The predicted octanol–water partition coefficient (Wildman–Crippen LogP) is 5.11. The van der Waals surface area contributed by atoms with Crippen molar-refractivity contribution in [3.8, 4) is 0 Å². The summed E-state index contributed by atoms with van der Waals surface area (Å²) in [5, 5.41) is 4.31. The van der Waals surface area contributed by atoms with Crippen LogP contribution in [0.4, 0.5) is 0 Å². The fourth-order valence-corrected chi connectivity index (χ4v) is 5.66. The molecule has 0 aromatic heterocycles. The predicted molar refractivity (Wildman–Crippen MR) is 129 cm³/mol. The minimum Gasteiger partial charge on any atom is -0.0620 e.